The lowest BCUT2D eigenvalue weighted by atomic mass is 10.1. The first-order valence-corrected chi connectivity index (χ1v) is 7.04. The third-order valence-corrected chi connectivity index (χ3v) is 3.59. The van der Waals surface area contributed by atoms with Crippen LogP contribution in [-0.4, -0.2) is 27.0 Å². The van der Waals surface area contributed by atoms with Crippen LogP contribution in [0.1, 0.15) is 18.1 Å². The Balaban J connectivity index is 2.15. The van der Waals surface area contributed by atoms with Gasteiger partial charge < -0.3 is 5.11 Å². The van der Waals surface area contributed by atoms with E-state index in [2.05, 4.69) is 4.98 Å². The Labute approximate surface area is 129 Å². The Morgan fingerprint density at radius 2 is 1.67 bits per heavy atom. The van der Waals surface area contributed by atoms with Gasteiger partial charge in [-0.25, -0.2) is 0 Å². The molecule has 0 saturated carbocycles. The molecular weight excluding hydrogens is 288 g/mol. The maximum Gasteiger partial charge on any atom is 0.320 e. The number of rotatable bonds is 6. The van der Waals surface area contributed by atoms with Gasteiger partial charge in [-0.15, -0.1) is 0 Å². The second-order valence-electron chi connectivity index (χ2n) is 4.90. The van der Waals surface area contributed by atoms with Crippen LogP contribution < -0.4 is 0 Å². The molecule has 0 saturated heterocycles. The van der Waals surface area contributed by atoms with Gasteiger partial charge in [0, 0.05) is 30.5 Å². The number of aliphatic carboxylic acids is 1. The van der Waals surface area contributed by atoms with Gasteiger partial charge in [0.1, 0.15) is 6.04 Å². The molecule has 0 amide bonds. The standard InChI is InChI=1S/C16H17ClN2O2/c1-12(16(20)21)19(11-14-6-8-18-9-7-14)10-13-2-4-15(17)5-3-13/h2-9,12H,10-11H2,1H3,(H,20,21)/t12-/m0/s1. The van der Waals surface area contributed by atoms with E-state index < -0.39 is 12.0 Å². The lowest BCUT2D eigenvalue weighted by Crippen LogP contribution is -2.38. The zero-order valence-corrected chi connectivity index (χ0v) is 12.5. The maximum atomic E-state index is 11.3. The summed E-state index contributed by atoms with van der Waals surface area (Å²) in [5.41, 5.74) is 2.06. The van der Waals surface area contributed by atoms with E-state index in [4.69, 9.17) is 11.6 Å². The molecule has 21 heavy (non-hydrogen) atoms. The number of hydrogen-bond donors (Lipinski definition) is 1. The minimum Gasteiger partial charge on any atom is -0.480 e. The second-order valence-corrected chi connectivity index (χ2v) is 5.34. The molecule has 1 aromatic carbocycles. The van der Waals surface area contributed by atoms with Gasteiger partial charge in [-0.1, -0.05) is 23.7 Å². The van der Waals surface area contributed by atoms with Crippen molar-refractivity contribution in [2.24, 2.45) is 0 Å². The van der Waals surface area contributed by atoms with Crippen molar-refractivity contribution in [3.8, 4) is 0 Å². The smallest absolute Gasteiger partial charge is 0.320 e. The zero-order chi connectivity index (χ0) is 15.2. The van der Waals surface area contributed by atoms with E-state index in [1.165, 1.54) is 0 Å². The summed E-state index contributed by atoms with van der Waals surface area (Å²) in [6, 6.07) is 10.7. The van der Waals surface area contributed by atoms with Gasteiger partial charge in [0.25, 0.3) is 0 Å². The summed E-state index contributed by atoms with van der Waals surface area (Å²) in [6.45, 7) is 2.80. The van der Waals surface area contributed by atoms with Crippen molar-refractivity contribution in [1.82, 2.24) is 9.88 Å². The third kappa shape index (κ3) is 4.55. The molecule has 0 spiro atoms. The molecule has 0 aliphatic rings. The highest BCUT2D eigenvalue weighted by atomic mass is 35.5. The van der Waals surface area contributed by atoms with Crippen LogP contribution in [0, 0.1) is 0 Å². The Hall–Kier alpha value is -1.91. The number of carboxylic acid groups (broad SMARTS) is 1. The molecule has 5 heteroatoms. The van der Waals surface area contributed by atoms with Gasteiger partial charge in [0.05, 0.1) is 0 Å². The van der Waals surface area contributed by atoms with E-state index in [1.807, 2.05) is 41.3 Å². The van der Waals surface area contributed by atoms with E-state index in [-0.39, 0.29) is 0 Å². The van der Waals surface area contributed by atoms with Gasteiger partial charge in [-0.3, -0.25) is 14.7 Å². The molecule has 1 atom stereocenters. The lowest BCUT2D eigenvalue weighted by molar-refractivity contribution is -0.143. The maximum absolute atomic E-state index is 11.3. The predicted molar refractivity (Wildman–Crippen MR) is 82.0 cm³/mol. The SMILES string of the molecule is C[C@@H](C(=O)O)N(Cc1ccncc1)Cc1ccc(Cl)cc1. The zero-order valence-electron chi connectivity index (χ0n) is 11.7. The topological polar surface area (TPSA) is 53.4 Å². The molecule has 0 aliphatic carbocycles. The molecule has 0 unspecified atom stereocenters. The quantitative estimate of drug-likeness (QED) is 0.890. The molecule has 1 N–H and O–H groups in total. The van der Waals surface area contributed by atoms with Crippen LogP contribution in [0.2, 0.25) is 5.02 Å². The summed E-state index contributed by atoms with van der Waals surface area (Å²) >= 11 is 5.88. The predicted octanol–water partition coefficient (Wildman–Crippen LogP) is 3.21. The van der Waals surface area contributed by atoms with Crippen molar-refractivity contribution < 1.29 is 9.90 Å². The first kappa shape index (κ1) is 15.5. The van der Waals surface area contributed by atoms with Crippen molar-refractivity contribution in [2.75, 3.05) is 0 Å². The molecular formula is C16H17ClN2O2. The number of nitrogens with zero attached hydrogens (tertiary/aromatic N) is 2. The molecule has 0 aliphatic heterocycles. The van der Waals surface area contributed by atoms with Gasteiger partial charge >= 0.3 is 5.97 Å². The molecule has 1 heterocycles. The van der Waals surface area contributed by atoms with Crippen molar-refractivity contribution >= 4 is 17.6 Å². The number of carbonyl (C=O) groups is 1. The third-order valence-electron chi connectivity index (χ3n) is 3.34. The summed E-state index contributed by atoms with van der Waals surface area (Å²) in [5, 5.41) is 9.95. The number of halogens is 1. The van der Waals surface area contributed by atoms with Crippen LogP contribution in [0.4, 0.5) is 0 Å². The summed E-state index contributed by atoms with van der Waals surface area (Å²) in [5.74, 6) is -0.835. The Kier molecular flexibility index (Phi) is 5.31. The van der Waals surface area contributed by atoms with E-state index in [0.717, 1.165) is 11.1 Å². The molecule has 2 aromatic rings. The van der Waals surface area contributed by atoms with Crippen molar-refractivity contribution in [2.45, 2.75) is 26.1 Å². The number of benzene rings is 1. The molecule has 110 valence electrons. The average Bonchev–Trinajstić information content (AvgIpc) is 2.49. The highest BCUT2D eigenvalue weighted by Gasteiger charge is 2.21. The van der Waals surface area contributed by atoms with E-state index in [9.17, 15) is 9.90 Å². The fourth-order valence-electron chi connectivity index (χ4n) is 2.03. The molecule has 0 fully saturated rings. The number of carboxylic acids is 1. The monoisotopic (exact) mass is 304 g/mol. The second kappa shape index (κ2) is 7.20. The Morgan fingerprint density at radius 1 is 1.14 bits per heavy atom. The van der Waals surface area contributed by atoms with Crippen LogP contribution in [0.25, 0.3) is 0 Å². The summed E-state index contributed by atoms with van der Waals surface area (Å²) in [6.07, 6.45) is 3.42. The molecule has 1 aromatic heterocycles. The Bertz CT molecular complexity index is 587. The van der Waals surface area contributed by atoms with Crippen molar-refractivity contribution in [1.29, 1.82) is 0 Å². The van der Waals surface area contributed by atoms with E-state index in [1.54, 1.807) is 19.3 Å². The van der Waals surface area contributed by atoms with Gasteiger partial charge in [0.2, 0.25) is 0 Å². The van der Waals surface area contributed by atoms with Crippen LogP contribution in [0.5, 0.6) is 0 Å². The highest BCUT2D eigenvalue weighted by Crippen LogP contribution is 2.15. The fourth-order valence-corrected chi connectivity index (χ4v) is 2.16. The van der Waals surface area contributed by atoms with Crippen molar-refractivity contribution in [3.05, 3.63) is 64.9 Å². The van der Waals surface area contributed by atoms with E-state index >= 15 is 0 Å². The van der Waals surface area contributed by atoms with Crippen LogP contribution >= 0.6 is 11.6 Å². The number of aromatic nitrogens is 1. The summed E-state index contributed by atoms with van der Waals surface area (Å²) in [7, 11) is 0. The van der Waals surface area contributed by atoms with Gasteiger partial charge in [0.15, 0.2) is 0 Å². The minimum atomic E-state index is -0.835. The molecule has 0 radical (unpaired) electrons. The Morgan fingerprint density at radius 3 is 2.19 bits per heavy atom. The molecule has 4 nitrogen and oxygen atoms in total. The first-order chi connectivity index (χ1) is 10.1. The first-order valence-electron chi connectivity index (χ1n) is 6.66. The van der Waals surface area contributed by atoms with Gasteiger partial charge in [-0.05, 0) is 42.3 Å². The summed E-state index contributed by atoms with van der Waals surface area (Å²) in [4.78, 5) is 17.2. The molecule has 0 bridgehead atoms. The number of pyridine rings is 1. The molecule has 2 rings (SSSR count). The van der Waals surface area contributed by atoms with Crippen LogP contribution in [0.3, 0.4) is 0 Å². The average molecular weight is 305 g/mol. The summed E-state index contributed by atoms with van der Waals surface area (Å²) < 4.78 is 0. The van der Waals surface area contributed by atoms with Crippen LogP contribution in [0.15, 0.2) is 48.8 Å². The van der Waals surface area contributed by atoms with Crippen LogP contribution in [-0.2, 0) is 17.9 Å². The highest BCUT2D eigenvalue weighted by molar-refractivity contribution is 6.30. The lowest BCUT2D eigenvalue weighted by Gasteiger charge is -2.26. The van der Waals surface area contributed by atoms with Crippen molar-refractivity contribution in [3.63, 3.8) is 0 Å². The van der Waals surface area contributed by atoms with Gasteiger partial charge in [-0.2, -0.15) is 0 Å². The fraction of sp³-hybridized carbons (Fsp3) is 0.250. The largest absolute Gasteiger partial charge is 0.480 e. The van der Waals surface area contributed by atoms with E-state index in [0.29, 0.717) is 18.1 Å². The number of hydrogen-bond acceptors (Lipinski definition) is 3. The normalized spacial score (nSPS) is 12.3. The minimum absolute atomic E-state index is 0.549.